The van der Waals surface area contributed by atoms with Gasteiger partial charge in [0, 0.05) is 35.6 Å². The second kappa shape index (κ2) is 5.40. The van der Waals surface area contributed by atoms with Crippen LogP contribution in [-0.2, 0) is 10.2 Å². The minimum absolute atomic E-state index is 0.112. The molecular formula is C12H19N3O2S2. The molecule has 5 nitrogen and oxygen atoms in total. The summed E-state index contributed by atoms with van der Waals surface area (Å²) in [6, 6.07) is 3.96. The molecule has 0 aliphatic carbocycles. The van der Waals surface area contributed by atoms with E-state index < -0.39 is 10.2 Å². The molecule has 106 valence electrons. The van der Waals surface area contributed by atoms with Gasteiger partial charge in [0.1, 0.15) is 0 Å². The summed E-state index contributed by atoms with van der Waals surface area (Å²) in [6.45, 7) is 5.13. The van der Waals surface area contributed by atoms with E-state index in [-0.39, 0.29) is 5.41 Å². The zero-order valence-corrected chi connectivity index (χ0v) is 12.7. The van der Waals surface area contributed by atoms with Crippen molar-refractivity contribution < 1.29 is 8.42 Å². The monoisotopic (exact) mass is 301 g/mol. The lowest BCUT2D eigenvalue weighted by atomic mass is 9.84. The Hall–Kier alpha value is -0.630. The van der Waals surface area contributed by atoms with Crippen molar-refractivity contribution in [3.8, 4) is 0 Å². The van der Waals surface area contributed by atoms with E-state index in [1.807, 2.05) is 12.1 Å². The van der Waals surface area contributed by atoms with Gasteiger partial charge in [-0.3, -0.25) is 4.98 Å². The van der Waals surface area contributed by atoms with Crippen LogP contribution in [0.3, 0.4) is 0 Å². The Morgan fingerprint density at radius 2 is 2.05 bits per heavy atom. The first-order chi connectivity index (χ1) is 8.79. The Balaban J connectivity index is 2.09. The molecule has 1 aliphatic heterocycles. The molecule has 1 aliphatic rings. The molecule has 0 radical (unpaired) electrons. The summed E-state index contributed by atoms with van der Waals surface area (Å²) in [6.07, 6.45) is 4.35. The molecule has 1 saturated heterocycles. The molecule has 0 spiro atoms. The average Bonchev–Trinajstić information content (AvgIpc) is 2.31. The lowest BCUT2D eigenvalue weighted by molar-refractivity contribution is 0.196. The molecule has 0 amide bonds. The van der Waals surface area contributed by atoms with Crippen LogP contribution in [0.1, 0.15) is 20.3 Å². The standard InChI is InChI=1S/C12H19N3O2S2/c1-12(2)9-15(19(13,16)17)8-5-11(12)18-10-3-6-14-7-4-10/h3-4,6-7,11H,5,8-9H2,1-2H3,(H2,13,16,17). The number of thioether (sulfide) groups is 1. The predicted molar refractivity (Wildman–Crippen MR) is 77.0 cm³/mol. The van der Waals surface area contributed by atoms with Gasteiger partial charge in [0.15, 0.2) is 0 Å². The second-order valence-corrected chi connectivity index (χ2v) is 8.27. The zero-order chi connectivity index (χ0) is 14.1. The van der Waals surface area contributed by atoms with Crippen LogP contribution in [0.15, 0.2) is 29.4 Å². The van der Waals surface area contributed by atoms with Crippen LogP contribution in [-0.4, -0.2) is 36.0 Å². The van der Waals surface area contributed by atoms with Crippen LogP contribution in [0.25, 0.3) is 0 Å². The van der Waals surface area contributed by atoms with E-state index in [0.29, 0.717) is 18.3 Å². The number of rotatable bonds is 3. The van der Waals surface area contributed by atoms with Gasteiger partial charge in [-0.1, -0.05) is 13.8 Å². The van der Waals surface area contributed by atoms with Gasteiger partial charge in [0.25, 0.3) is 10.2 Å². The number of nitrogens with zero attached hydrogens (tertiary/aromatic N) is 2. The molecule has 1 aromatic rings. The Kier molecular flexibility index (Phi) is 4.20. The van der Waals surface area contributed by atoms with Gasteiger partial charge >= 0.3 is 0 Å². The van der Waals surface area contributed by atoms with Crippen LogP contribution in [0, 0.1) is 5.41 Å². The molecular weight excluding hydrogens is 282 g/mol. The smallest absolute Gasteiger partial charge is 0.265 e. The molecule has 2 rings (SSSR count). The van der Waals surface area contributed by atoms with E-state index in [1.165, 1.54) is 4.31 Å². The minimum Gasteiger partial charge on any atom is -0.265 e. The predicted octanol–water partition coefficient (Wildman–Crippen LogP) is 1.48. The van der Waals surface area contributed by atoms with Gasteiger partial charge in [0.2, 0.25) is 0 Å². The van der Waals surface area contributed by atoms with Crippen molar-refractivity contribution >= 4 is 22.0 Å². The number of pyridine rings is 1. The molecule has 2 heterocycles. The summed E-state index contributed by atoms with van der Waals surface area (Å²) >= 11 is 1.78. The Labute approximate surface area is 118 Å². The second-order valence-electron chi connectivity index (χ2n) is 5.45. The summed E-state index contributed by atoms with van der Waals surface area (Å²) in [5.41, 5.74) is -0.112. The van der Waals surface area contributed by atoms with Crippen LogP contribution < -0.4 is 5.14 Å². The largest absolute Gasteiger partial charge is 0.276 e. The molecule has 2 N–H and O–H groups in total. The molecule has 0 saturated carbocycles. The van der Waals surface area contributed by atoms with Gasteiger partial charge < -0.3 is 0 Å². The highest BCUT2D eigenvalue weighted by molar-refractivity contribution is 8.00. The van der Waals surface area contributed by atoms with E-state index in [4.69, 9.17) is 5.14 Å². The quantitative estimate of drug-likeness (QED) is 0.917. The molecule has 1 fully saturated rings. The molecule has 0 aromatic carbocycles. The van der Waals surface area contributed by atoms with Gasteiger partial charge in [0.05, 0.1) is 0 Å². The van der Waals surface area contributed by atoms with Crippen molar-refractivity contribution in [1.82, 2.24) is 9.29 Å². The third-order valence-electron chi connectivity index (χ3n) is 3.38. The molecule has 0 bridgehead atoms. The number of aromatic nitrogens is 1. The normalized spacial score (nSPS) is 24.3. The highest BCUT2D eigenvalue weighted by atomic mass is 32.2. The van der Waals surface area contributed by atoms with E-state index >= 15 is 0 Å². The first kappa shape index (κ1) is 14.8. The zero-order valence-electron chi connectivity index (χ0n) is 11.1. The molecule has 19 heavy (non-hydrogen) atoms. The molecule has 7 heteroatoms. The van der Waals surface area contributed by atoms with E-state index in [0.717, 1.165) is 11.3 Å². The van der Waals surface area contributed by atoms with Crippen molar-refractivity contribution in [2.24, 2.45) is 10.6 Å². The Morgan fingerprint density at radius 1 is 1.42 bits per heavy atom. The van der Waals surface area contributed by atoms with E-state index in [9.17, 15) is 8.42 Å². The SMILES string of the molecule is CC1(C)CN(S(N)(=O)=O)CCC1Sc1ccncc1. The first-order valence-electron chi connectivity index (χ1n) is 6.13. The lowest BCUT2D eigenvalue weighted by Gasteiger charge is -2.42. The van der Waals surface area contributed by atoms with Crippen molar-refractivity contribution in [1.29, 1.82) is 0 Å². The lowest BCUT2D eigenvalue weighted by Crippen LogP contribution is -2.51. The number of piperidine rings is 1. The highest BCUT2D eigenvalue weighted by Gasteiger charge is 2.39. The number of hydrogen-bond donors (Lipinski definition) is 1. The van der Waals surface area contributed by atoms with Crippen molar-refractivity contribution in [2.45, 2.75) is 30.4 Å². The number of nitrogens with two attached hydrogens (primary N) is 1. The van der Waals surface area contributed by atoms with Crippen molar-refractivity contribution in [3.63, 3.8) is 0 Å². The third-order valence-corrected chi connectivity index (χ3v) is 6.12. The van der Waals surface area contributed by atoms with E-state index in [2.05, 4.69) is 18.8 Å². The Bertz CT molecular complexity index is 531. The molecule has 1 atom stereocenters. The van der Waals surface area contributed by atoms with Crippen LogP contribution in [0.4, 0.5) is 0 Å². The summed E-state index contributed by atoms with van der Waals surface area (Å²) in [7, 11) is -3.58. The summed E-state index contributed by atoms with van der Waals surface area (Å²) in [4.78, 5) is 5.17. The number of hydrogen-bond acceptors (Lipinski definition) is 4. The fourth-order valence-electron chi connectivity index (χ4n) is 2.30. The van der Waals surface area contributed by atoms with E-state index in [1.54, 1.807) is 24.2 Å². The Morgan fingerprint density at radius 3 is 2.58 bits per heavy atom. The fourth-order valence-corrected chi connectivity index (χ4v) is 4.40. The van der Waals surface area contributed by atoms with Gasteiger partial charge in [-0.15, -0.1) is 11.8 Å². The molecule has 1 unspecified atom stereocenters. The summed E-state index contributed by atoms with van der Waals surface area (Å²) in [5, 5.41) is 5.58. The fraction of sp³-hybridized carbons (Fsp3) is 0.583. The summed E-state index contributed by atoms with van der Waals surface area (Å²) in [5.74, 6) is 0. The third kappa shape index (κ3) is 3.68. The highest BCUT2D eigenvalue weighted by Crippen LogP contribution is 2.41. The maximum atomic E-state index is 11.4. The van der Waals surface area contributed by atoms with Crippen LogP contribution >= 0.6 is 11.8 Å². The maximum absolute atomic E-state index is 11.4. The van der Waals surface area contributed by atoms with Gasteiger partial charge in [-0.2, -0.15) is 12.7 Å². The summed E-state index contributed by atoms with van der Waals surface area (Å²) < 4.78 is 24.2. The first-order valence-corrected chi connectivity index (χ1v) is 8.52. The van der Waals surface area contributed by atoms with Crippen molar-refractivity contribution in [3.05, 3.63) is 24.5 Å². The maximum Gasteiger partial charge on any atom is 0.276 e. The van der Waals surface area contributed by atoms with Crippen molar-refractivity contribution in [2.75, 3.05) is 13.1 Å². The topological polar surface area (TPSA) is 76.3 Å². The van der Waals surface area contributed by atoms with Gasteiger partial charge in [-0.25, -0.2) is 5.14 Å². The van der Waals surface area contributed by atoms with Gasteiger partial charge in [-0.05, 0) is 24.0 Å². The minimum atomic E-state index is -3.58. The molecule has 1 aromatic heterocycles. The van der Waals surface area contributed by atoms with Crippen LogP contribution in [0.5, 0.6) is 0 Å². The van der Waals surface area contributed by atoms with Crippen LogP contribution in [0.2, 0.25) is 0 Å². The average molecular weight is 301 g/mol.